The molecule has 2 aromatic heterocycles. The van der Waals surface area contributed by atoms with Gasteiger partial charge >= 0.3 is 0 Å². The van der Waals surface area contributed by atoms with E-state index in [4.69, 9.17) is 4.52 Å². The number of rotatable bonds is 5. The highest BCUT2D eigenvalue weighted by Gasteiger charge is 1.97. The second kappa shape index (κ2) is 4.79. The fourth-order valence-electron chi connectivity index (χ4n) is 1.46. The van der Waals surface area contributed by atoms with Gasteiger partial charge in [0, 0.05) is 38.1 Å². The first-order chi connectivity index (χ1) is 7.38. The van der Waals surface area contributed by atoms with Gasteiger partial charge in [0.2, 0.25) is 0 Å². The lowest BCUT2D eigenvalue weighted by atomic mass is 10.3. The Morgan fingerprint density at radius 1 is 1.40 bits per heavy atom. The first-order valence-electron chi connectivity index (χ1n) is 5.13. The van der Waals surface area contributed by atoms with Crippen molar-refractivity contribution in [2.75, 3.05) is 0 Å². The molecular weight excluding hydrogens is 190 g/mol. The second-order valence-electron chi connectivity index (χ2n) is 3.44. The molecule has 0 saturated heterocycles. The highest BCUT2D eigenvalue weighted by Crippen LogP contribution is 2.01. The topological polar surface area (TPSA) is 43.0 Å². The van der Waals surface area contributed by atoms with Gasteiger partial charge in [-0.1, -0.05) is 5.16 Å². The summed E-state index contributed by atoms with van der Waals surface area (Å²) in [6, 6.07) is 3.99. The van der Waals surface area contributed by atoms with E-state index in [9.17, 15) is 0 Å². The predicted molar refractivity (Wildman–Crippen MR) is 57.2 cm³/mol. The molecule has 2 rings (SSSR count). The average molecular weight is 205 g/mol. The molecule has 0 aliphatic heterocycles. The number of nitrogens with one attached hydrogen (secondary N) is 1. The molecule has 1 N–H and O–H groups in total. The molecule has 0 bridgehead atoms. The minimum atomic E-state index is 0.744. The van der Waals surface area contributed by atoms with E-state index < -0.39 is 0 Å². The van der Waals surface area contributed by atoms with Gasteiger partial charge in [0.15, 0.2) is 0 Å². The van der Waals surface area contributed by atoms with Gasteiger partial charge in [0.1, 0.15) is 6.26 Å². The van der Waals surface area contributed by atoms with Crippen LogP contribution >= 0.6 is 0 Å². The smallest absolute Gasteiger partial charge is 0.124 e. The van der Waals surface area contributed by atoms with Crippen molar-refractivity contribution in [3.8, 4) is 0 Å². The summed E-state index contributed by atoms with van der Waals surface area (Å²) in [7, 11) is 0. The monoisotopic (exact) mass is 205 g/mol. The standard InChI is InChI=1S/C11H15N3O/c1-2-14-5-3-10(9-14)7-12-8-11-4-6-15-13-11/h3-6,9,12H,2,7-8H2,1H3. The normalized spacial score (nSPS) is 10.7. The molecule has 2 heterocycles. The van der Waals surface area contributed by atoms with Crippen molar-refractivity contribution in [3.63, 3.8) is 0 Å². The Kier molecular flexibility index (Phi) is 3.19. The fraction of sp³-hybridized carbons (Fsp3) is 0.364. The predicted octanol–water partition coefficient (Wildman–Crippen LogP) is 1.79. The maximum Gasteiger partial charge on any atom is 0.124 e. The highest BCUT2D eigenvalue weighted by molar-refractivity contribution is 5.10. The van der Waals surface area contributed by atoms with Crippen molar-refractivity contribution >= 4 is 0 Å². The summed E-state index contributed by atoms with van der Waals surface area (Å²) in [4.78, 5) is 0. The van der Waals surface area contributed by atoms with Crippen LogP contribution in [0.1, 0.15) is 18.2 Å². The first kappa shape index (κ1) is 9.98. The summed E-state index contributed by atoms with van der Waals surface area (Å²) >= 11 is 0. The second-order valence-corrected chi connectivity index (χ2v) is 3.44. The van der Waals surface area contributed by atoms with Gasteiger partial charge in [-0.05, 0) is 18.6 Å². The van der Waals surface area contributed by atoms with E-state index in [0.29, 0.717) is 0 Å². The summed E-state index contributed by atoms with van der Waals surface area (Å²) in [6.07, 6.45) is 5.83. The van der Waals surface area contributed by atoms with Gasteiger partial charge in [-0.3, -0.25) is 0 Å². The molecule has 0 radical (unpaired) electrons. The molecule has 15 heavy (non-hydrogen) atoms. The van der Waals surface area contributed by atoms with Gasteiger partial charge in [0.05, 0.1) is 5.69 Å². The number of hydrogen-bond acceptors (Lipinski definition) is 3. The van der Waals surface area contributed by atoms with Gasteiger partial charge in [-0.25, -0.2) is 0 Å². The maximum atomic E-state index is 4.74. The Morgan fingerprint density at radius 2 is 2.33 bits per heavy atom. The zero-order valence-corrected chi connectivity index (χ0v) is 8.81. The van der Waals surface area contributed by atoms with E-state index in [0.717, 1.165) is 25.3 Å². The van der Waals surface area contributed by atoms with Crippen molar-refractivity contribution in [3.05, 3.63) is 42.0 Å². The van der Waals surface area contributed by atoms with Crippen molar-refractivity contribution in [1.82, 2.24) is 15.0 Å². The summed E-state index contributed by atoms with van der Waals surface area (Å²) in [5.41, 5.74) is 2.23. The summed E-state index contributed by atoms with van der Waals surface area (Å²) in [5, 5.41) is 7.13. The first-order valence-corrected chi connectivity index (χ1v) is 5.13. The van der Waals surface area contributed by atoms with Crippen LogP contribution in [0, 0.1) is 0 Å². The van der Waals surface area contributed by atoms with Gasteiger partial charge in [-0.15, -0.1) is 0 Å². The van der Waals surface area contributed by atoms with E-state index in [2.05, 4.69) is 40.4 Å². The van der Waals surface area contributed by atoms with Crippen molar-refractivity contribution in [1.29, 1.82) is 0 Å². The minimum absolute atomic E-state index is 0.744. The molecule has 0 amide bonds. The van der Waals surface area contributed by atoms with Crippen LogP contribution in [-0.4, -0.2) is 9.72 Å². The van der Waals surface area contributed by atoms with Crippen LogP contribution in [0.5, 0.6) is 0 Å². The Balaban J connectivity index is 1.78. The number of nitrogens with zero attached hydrogens (tertiary/aromatic N) is 2. The zero-order valence-electron chi connectivity index (χ0n) is 8.81. The number of hydrogen-bond donors (Lipinski definition) is 1. The maximum absolute atomic E-state index is 4.74. The fourth-order valence-corrected chi connectivity index (χ4v) is 1.46. The highest BCUT2D eigenvalue weighted by atomic mass is 16.5. The molecule has 0 saturated carbocycles. The molecule has 0 unspecified atom stereocenters. The van der Waals surface area contributed by atoms with Crippen molar-refractivity contribution in [2.24, 2.45) is 0 Å². The summed E-state index contributed by atoms with van der Waals surface area (Å²) in [6.45, 7) is 4.75. The third-order valence-corrected chi connectivity index (χ3v) is 2.30. The molecule has 0 fully saturated rings. The lowest BCUT2D eigenvalue weighted by Crippen LogP contribution is -2.12. The average Bonchev–Trinajstić information content (AvgIpc) is 2.88. The Bertz CT molecular complexity index is 392. The van der Waals surface area contributed by atoms with E-state index in [1.165, 1.54) is 5.56 Å². The quantitative estimate of drug-likeness (QED) is 0.809. The van der Waals surface area contributed by atoms with Crippen LogP contribution in [-0.2, 0) is 19.6 Å². The van der Waals surface area contributed by atoms with Crippen LogP contribution in [0.2, 0.25) is 0 Å². The Hall–Kier alpha value is -1.55. The van der Waals surface area contributed by atoms with Crippen molar-refractivity contribution in [2.45, 2.75) is 26.6 Å². The number of aryl methyl sites for hydroxylation is 1. The van der Waals surface area contributed by atoms with E-state index in [-0.39, 0.29) is 0 Å². The lowest BCUT2D eigenvalue weighted by molar-refractivity contribution is 0.408. The minimum Gasteiger partial charge on any atom is -0.364 e. The van der Waals surface area contributed by atoms with E-state index in [1.807, 2.05) is 6.07 Å². The molecule has 2 aromatic rings. The van der Waals surface area contributed by atoms with Crippen LogP contribution in [0.25, 0.3) is 0 Å². The molecule has 4 heteroatoms. The van der Waals surface area contributed by atoms with Crippen molar-refractivity contribution < 1.29 is 4.52 Å². The lowest BCUT2D eigenvalue weighted by Gasteiger charge is -1.99. The third-order valence-electron chi connectivity index (χ3n) is 2.30. The molecule has 0 atom stereocenters. The van der Waals surface area contributed by atoms with Crippen LogP contribution < -0.4 is 5.32 Å². The summed E-state index contributed by atoms with van der Waals surface area (Å²) in [5.74, 6) is 0. The van der Waals surface area contributed by atoms with E-state index in [1.54, 1.807) is 6.26 Å². The van der Waals surface area contributed by atoms with Gasteiger partial charge in [0.25, 0.3) is 0 Å². The van der Waals surface area contributed by atoms with Crippen LogP contribution in [0.15, 0.2) is 35.3 Å². The summed E-state index contributed by atoms with van der Waals surface area (Å²) < 4.78 is 6.90. The molecule has 80 valence electrons. The Morgan fingerprint density at radius 3 is 3.00 bits per heavy atom. The Labute approximate surface area is 88.9 Å². The zero-order chi connectivity index (χ0) is 10.5. The molecule has 0 aliphatic rings. The van der Waals surface area contributed by atoms with E-state index >= 15 is 0 Å². The molecular formula is C11H15N3O. The molecule has 0 aliphatic carbocycles. The van der Waals surface area contributed by atoms with Gasteiger partial charge < -0.3 is 14.4 Å². The van der Waals surface area contributed by atoms with Crippen LogP contribution in [0.3, 0.4) is 0 Å². The molecule has 0 aromatic carbocycles. The largest absolute Gasteiger partial charge is 0.364 e. The number of aromatic nitrogens is 2. The SMILES string of the molecule is CCn1ccc(CNCc2ccon2)c1. The third kappa shape index (κ3) is 2.70. The molecule has 4 nitrogen and oxygen atoms in total. The molecule has 0 spiro atoms. The van der Waals surface area contributed by atoms with Gasteiger partial charge in [-0.2, -0.15) is 0 Å². The van der Waals surface area contributed by atoms with Crippen LogP contribution in [0.4, 0.5) is 0 Å².